The van der Waals surface area contributed by atoms with E-state index in [1.165, 1.54) is 0 Å². The van der Waals surface area contributed by atoms with Crippen LogP contribution in [0.15, 0.2) is 53.7 Å². The van der Waals surface area contributed by atoms with E-state index in [9.17, 15) is 9.59 Å². The van der Waals surface area contributed by atoms with Crippen molar-refractivity contribution < 1.29 is 9.53 Å². The Bertz CT molecular complexity index is 1370. The summed E-state index contributed by atoms with van der Waals surface area (Å²) in [4.78, 5) is 34.9. The average molecular weight is 477 g/mol. The number of nitrogens with zero attached hydrogens (tertiary/aromatic N) is 5. The first-order valence-electron chi connectivity index (χ1n) is 11.7. The van der Waals surface area contributed by atoms with E-state index >= 15 is 0 Å². The first kappa shape index (κ1) is 22.8. The van der Waals surface area contributed by atoms with E-state index in [1.54, 1.807) is 21.5 Å². The number of fused-ring (bicyclic) bond motifs is 1. The molecular formula is C24H28N8O3. The van der Waals surface area contributed by atoms with Crippen molar-refractivity contribution in [3.8, 4) is 16.8 Å². The first-order chi connectivity index (χ1) is 17.1. The Morgan fingerprint density at radius 1 is 1.14 bits per heavy atom. The van der Waals surface area contributed by atoms with Gasteiger partial charge in [-0.1, -0.05) is 0 Å². The number of carbonyl (C=O) groups excluding carboxylic acids is 1. The molecule has 11 heteroatoms. The van der Waals surface area contributed by atoms with Crippen LogP contribution in [0.5, 0.6) is 0 Å². The van der Waals surface area contributed by atoms with Gasteiger partial charge in [0.05, 0.1) is 29.9 Å². The summed E-state index contributed by atoms with van der Waals surface area (Å²) in [6.07, 6.45) is 5.36. The lowest BCUT2D eigenvalue weighted by molar-refractivity contribution is 0.0363. The lowest BCUT2D eigenvalue weighted by Gasteiger charge is -2.26. The van der Waals surface area contributed by atoms with Gasteiger partial charge in [0.2, 0.25) is 5.95 Å². The summed E-state index contributed by atoms with van der Waals surface area (Å²) in [5.74, 6) is 0.329. The zero-order valence-corrected chi connectivity index (χ0v) is 19.5. The molecule has 0 saturated carbocycles. The van der Waals surface area contributed by atoms with Gasteiger partial charge >= 0.3 is 6.03 Å². The number of benzene rings is 1. The summed E-state index contributed by atoms with van der Waals surface area (Å²) in [6, 6.07) is 8.93. The maximum absolute atomic E-state index is 12.9. The van der Waals surface area contributed by atoms with Gasteiger partial charge in [-0.2, -0.15) is 5.10 Å². The van der Waals surface area contributed by atoms with Crippen molar-refractivity contribution in [2.75, 3.05) is 44.7 Å². The Hall–Kier alpha value is -3.96. The van der Waals surface area contributed by atoms with E-state index in [0.29, 0.717) is 24.6 Å². The number of anilines is 1. The highest BCUT2D eigenvalue weighted by atomic mass is 16.5. The van der Waals surface area contributed by atoms with Crippen LogP contribution in [0.2, 0.25) is 0 Å². The Morgan fingerprint density at radius 3 is 2.74 bits per heavy atom. The molecule has 182 valence electrons. The molecule has 0 radical (unpaired) electrons. The van der Waals surface area contributed by atoms with Crippen LogP contribution >= 0.6 is 0 Å². The van der Waals surface area contributed by atoms with E-state index in [4.69, 9.17) is 4.74 Å². The number of hydrogen-bond donors (Lipinski definition) is 3. The van der Waals surface area contributed by atoms with Gasteiger partial charge < -0.3 is 19.6 Å². The monoisotopic (exact) mass is 476 g/mol. The summed E-state index contributed by atoms with van der Waals surface area (Å²) in [5, 5.41) is 9.76. The number of ether oxygens (including phenoxy) is 1. The highest BCUT2D eigenvalue weighted by molar-refractivity contribution is 5.94. The molecule has 5 rings (SSSR count). The van der Waals surface area contributed by atoms with E-state index in [2.05, 4.69) is 30.6 Å². The van der Waals surface area contributed by atoms with Crippen molar-refractivity contribution in [3.63, 3.8) is 0 Å². The summed E-state index contributed by atoms with van der Waals surface area (Å²) in [5.41, 5.74) is 3.69. The second-order valence-corrected chi connectivity index (χ2v) is 8.31. The number of carbonyl (C=O) groups is 1. The molecule has 0 atom stereocenters. The van der Waals surface area contributed by atoms with Crippen molar-refractivity contribution in [1.29, 1.82) is 0 Å². The Morgan fingerprint density at radius 2 is 2.00 bits per heavy atom. The van der Waals surface area contributed by atoms with Crippen LogP contribution in [-0.4, -0.2) is 74.6 Å². The highest BCUT2D eigenvalue weighted by Crippen LogP contribution is 2.29. The summed E-state index contributed by atoms with van der Waals surface area (Å²) in [7, 11) is 0. The molecule has 4 aromatic rings. The van der Waals surface area contributed by atoms with E-state index < -0.39 is 0 Å². The van der Waals surface area contributed by atoms with Crippen molar-refractivity contribution in [3.05, 3.63) is 59.3 Å². The number of imidazole rings is 1. The zero-order valence-electron chi connectivity index (χ0n) is 19.5. The number of urea groups is 1. The summed E-state index contributed by atoms with van der Waals surface area (Å²) >= 11 is 0. The van der Waals surface area contributed by atoms with Crippen LogP contribution in [0.3, 0.4) is 0 Å². The zero-order chi connectivity index (χ0) is 24.2. The topological polar surface area (TPSA) is 122 Å². The molecule has 1 fully saturated rings. The third-order valence-corrected chi connectivity index (χ3v) is 5.98. The molecule has 0 unspecified atom stereocenters. The van der Waals surface area contributed by atoms with Crippen molar-refractivity contribution in [2.45, 2.75) is 13.5 Å². The largest absolute Gasteiger partial charge is 0.379 e. The van der Waals surface area contributed by atoms with Gasteiger partial charge in [-0.3, -0.25) is 15.0 Å². The number of hydrogen-bond acceptors (Lipinski definition) is 6. The number of morpholine rings is 1. The van der Waals surface area contributed by atoms with Gasteiger partial charge in [-0.25, -0.2) is 14.5 Å². The minimum Gasteiger partial charge on any atom is -0.379 e. The molecule has 1 aromatic carbocycles. The third-order valence-electron chi connectivity index (χ3n) is 5.98. The maximum Gasteiger partial charge on any atom is 0.321 e. The van der Waals surface area contributed by atoms with E-state index in [0.717, 1.165) is 55.2 Å². The molecule has 1 saturated heterocycles. The van der Waals surface area contributed by atoms with Crippen LogP contribution in [-0.2, 0) is 11.3 Å². The molecule has 0 aliphatic carbocycles. The molecule has 11 nitrogen and oxygen atoms in total. The van der Waals surface area contributed by atoms with Gasteiger partial charge in [-0.15, -0.1) is 0 Å². The molecule has 35 heavy (non-hydrogen) atoms. The minimum atomic E-state index is -0.340. The van der Waals surface area contributed by atoms with Gasteiger partial charge in [0.1, 0.15) is 0 Å². The van der Waals surface area contributed by atoms with Crippen LogP contribution in [0, 0.1) is 0 Å². The second-order valence-electron chi connectivity index (χ2n) is 8.31. The molecule has 1 aliphatic rings. The van der Waals surface area contributed by atoms with Gasteiger partial charge in [-0.05, 0) is 42.3 Å². The van der Waals surface area contributed by atoms with E-state index in [-0.39, 0.29) is 11.6 Å². The SMILES string of the molecule is CCNC(=O)Nc1nc2cc(-c3ccn(CCN4CCOCC4)c(=O)c3)cc(-n3cccn3)c2[nH]1. The number of nitrogens with one attached hydrogen (secondary N) is 3. The van der Waals surface area contributed by atoms with Gasteiger partial charge in [0.25, 0.3) is 5.56 Å². The normalized spacial score (nSPS) is 14.3. The molecular weight excluding hydrogens is 448 g/mol. The van der Waals surface area contributed by atoms with Gasteiger partial charge in [0.15, 0.2) is 0 Å². The molecule has 2 amide bonds. The fraction of sp³-hybridized carbons (Fsp3) is 0.333. The number of pyridine rings is 1. The standard InChI is InChI=1S/C24H28N8O3/c1-2-25-24(34)29-23-27-19-14-18(15-20(22(19)28-23)32-6-3-5-26-32)17-4-7-31(21(33)16-17)9-8-30-10-12-35-13-11-30/h3-7,14-16H,2,8-13H2,1H3,(H3,25,27,28,29,34). The lowest BCUT2D eigenvalue weighted by Crippen LogP contribution is -2.39. The lowest BCUT2D eigenvalue weighted by atomic mass is 10.1. The maximum atomic E-state index is 12.9. The van der Waals surface area contributed by atoms with Crippen LogP contribution in [0.1, 0.15) is 6.92 Å². The second kappa shape index (κ2) is 10.1. The predicted octanol–water partition coefficient (Wildman–Crippen LogP) is 2.05. The molecule has 3 N–H and O–H groups in total. The summed E-state index contributed by atoms with van der Waals surface area (Å²) in [6.45, 7) is 7.06. The number of rotatable bonds is 7. The molecule has 1 aliphatic heterocycles. The molecule has 4 heterocycles. The predicted molar refractivity (Wildman–Crippen MR) is 133 cm³/mol. The van der Waals surface area contributed by atoms with Crippen LogP contribution < -0.4 is 16.2 Å². The quantitative estimate of drug-likeness (QED) is 0.375. The van der Waals surface area contributed by atoms with Crippen LogP contribution in [0.25, 0.3) is 27.8 Å². The average Bonchev–Trinajstić information content (AvgIpc) is 3.53. The molecule has 0 bridgehead atoms. The van der Waals surface area contributed by atoms with Crippen molar-refractivity contribution >= 4 is 23.0 Å². The summed E-state index contributed by atoms with van der Waals surface area (Å²) < 4.78 is 8.85. The number of amides is 2. The Kier molecular flexibility index (Phi) is 6.59. The number of aromatic nitrogens is 5. The Balaban J connectivity index is 1.45. The fourth-order valence-corrected chi connectivity index (χ4v) is 4.17. The van der Waals surface area contributed by atoms with Gasteiger partial charge in [0, 0.05) is 57.4 Å². The highest BCUT2D eigenvalue weighted by Gasteiger charge is 2.15. The number of aromatic amines is 1. The molecule has 0 spiro atoms. The van der Waals surface area contributed by atoms with Crippen molar-refractivity contribution in [2.24, 2.45) is 0 Å². The molecule has 3 aromatic heterocycles. The van der Waals surface area contributed by atoms with Crippen molar-refractivity contribution in [1.82, 2.24) is 34.5 Å². The smallest absolute Gasteiger partial charge is 0.321 e. The minimum absolute atomic E-state index is 0.0582. The van der Waals surface area contributed by atoms with E-state index in [1.807, 2.05) is 43.6 Å². The Labute approximate surface area is 201 Å². The fourth-order valence-electron chi connectivity index (χ4n) is 4.17. The van der Waals surface area contributed by atoms with Crippen LogP contribution in [0.4, 0.5) is 10.7 Å². The first-order valence-corrected chi connectivity index (χ1v) is 11.7. The third kappa shape index (κ3) is 5.10. The number of H-pyrrole nitrogens is 1.